The number of ketones is 1. The molecular formula is C26H47NO3. The van der Waals surface area contributed by atoms with Crippen LogP contribution in [0, 0.1) is 16.7 Å². The van der Waals surface area contributed by atoms with Crippen LogP contribution in [0.3, 0.4) is 0 Å². The van der Waals surface area contributed by atoms with Crippen LogP contribution in [0.2, 0.25) is 0 Å². The second-order valence-electron chi connectivity index (χ2n) is 10.7. The average Bonchev–Trinajstić information content (AvgIpc) is 2.96. The molecule has 0 aromatic rings. The third kappa shape index (κ3) is 8.15. The van der Waals surface area contributed by atoms with Crippen LogP contribution in [-0.2, 0) is 14.4 Å². The van der Waals surface area contributed by atoms with Crippen molar-refractivity contribution in [2.75, 3.05) is 6.54 Å². The molecule has 30 heavy (non-hydrogen) atoms. The first-order valence-corrected chi connectivity index (χ1v) is 12.4. The van der Waals surface area contributed by atoms with E-state index in [0.717, 1.165) is 44.9 Å². The first kappa shape index (κ1) is 26.8. The Bertz CT molecular complexity index is 565. The van der Waals surface area contributed by atoms with Crippen molar-refractivity contribution < 1.29 is 14.4 Å². The van der Waals surface area contributed by atoms with Gasteiger partial charge in [0.1, 0.15) is 5.78 Å². The van der Waals surface area contributed by atoms with Crippen LogP contribution in [0.4, 0.5) is 0 Å². The van der Waals surface area contributed by atoms with Crippen molar-refractivity contribution in [2.45, 2.75) is 125 Å². The van der Waals surface area contributed by atoms with Crippen molar-refractivity contribution in [1.29, 1.82) is 0 Å². The number of hydrogen-bond acceptors (Lipinski definition) is 3. The summed E-state index contributed by atoms with van der Waals surface area (Å²) in [6.45, 7) is 13.2. The number of nitrogens with zero attached hydrogens (tertiary/aromatic N) is 1. The Kier molecular flexibility index (Phi) is 11.3. The lowest BCUT2D eigenvalue weighted by Crippen LogP contribution is -2.35. The molecule has 4 nitrogen and oxygen atoms in total. The fourth-order valence-electron chi connectivity index (χ4n) is 4.73. The number of carbonyl (C=O) groups is 3. The standard InChI is InChI=1S/C26H47NO3/c1-7-9-10-11-14-18-26(5,6)22(28)16-13-12-15-19-27-23(29)20-21(24(27)30)25(3,4)17-8-2/h21H,7-20H2,1-6H3. The third-order valence-corrected chi connectivity index (χ3v) is 7.03. The molecule has 0 saturated carbocycles. The van der Waals surface area contributed by atoms with Gasteiger partial charge >= 0.3 is 0 Å². The van der Waals surface area contributed by atoms with E-state index in [-0.39, 0.29) is 28.6 Å². The molecule has 0 N–H and O–H groups in total. The molecule has 0 radical (unpaired) electrons. The molecule has 2 amide bonds. The van der Waals surface area contributed by atoms with Crippen LogP contribution in [0.1, 0.15) is 125 Å². The highest BCUT2D eigenvalue weighted by molar-refractivity contribution is 6.03. The first-order chi connectivity index (χ1) is 14.1. The Morgan fingerprint density at radius 1 is 0.867 bits per heavy atom. The van der Waals surface area contributed by atoms with Gasteiger partial charge in [0, 0.05) is 24.8 Å². The normalized spacial score (nSPS) is 17.8. The predicted octanol–water partition coefficient (Wildman–Crippen LogP) is 6.70. The van der Waals surface area contributed by atoms with E-state index in [2.05, 4.69) is 41.5 Å². The van der Waals surface area contributed by atoms with Gasteiger partial charge in [-0.25, -0.2) is 0 Å². The number of rotatable bonds is 16. The smallest absolute Gasteiger partial charge is 0.233 e. The van der Waals surface area contributed by atoms with E-state index >= 15 is 0 Å². The molecule has 1 atom stereocenters. The minimum absolute atomic E-state index is 0.0127. The Balaban J connectivity index is 2.32. The molecule has 1 fully saturated rings. The lowest BCUT2D eigenvalue weighted by Gasteiger charge is -2.29. The van der Waals surface area contributed by atoms with Gasteiger partial charge in [-0.05, 0) is 31.1 Å². The van der Waals surface area contributed by atoms with Gasteiger partial charge in [-0.15, -0.1) is 0 Å². The van der Waals surface area contributed by atoms with Gasteiger partial charge in [0.15, 0.2) is 0 Å². The van der Waals surface area contributed by atoms with Gasteiger partial charge in [0.25, 0.3) is 0 Å². The summed E-state index contributed by atoms with van der Waals surface area (Å²) in [6, 6.07) is 0. The van der Waals surface area contributed by atoms with E-state index < -0.39 is 0 Å². The highest BCUT2D eigenvalue weighted by atomic mass is 16.2. The van der Waals surface area contributed by atoms with Crippen LogP contribution in [0.15, 0.2) is 0 Å². The molecule has 0 bridgehead atoms. The van der Waals surface area contributed by atoms with Gasteiger partial charge in [-0.1, -0.05) is 86.5 Å². The summed E-state index contributed by atoms with van der Waals surface area (Å²) in [6.07, 6.45) is 12.6. The first-order valence-electron chi connectivity index (χ1n) is 12.4. The maximum atomic E-state index is 12.8. The van der Waals surface area contributed by atoms with E-state index in [0.29, 0.717) is 25.2 Å². The molecule has 1 aliphatic heterocycles. The molecular weight excluding hydrogens is 374 g/mol. The number of carbonyl (C=O) groups excluding carboxylic acids is 3. The molecule has 0 aromatic heterocycles. The Labute approximate surface area is 185 Å². The minimum Gasteiger partial charge on any atom is -0.299 e. The molecule has 1 heterocycles. The van der Waals surface area contributed by atoms with Crippen molar-refractivity contribution in [3.63, 3.8) is 0 Å². The van der Waals surface area contributed by atoms with Gasteiger partial charge in [-0.3, -0.25) is 19.3 Å². The zero-order valence-electron chi connectivity index (χ0n) is 20.6. The fourth-order valence-corrected chi connectivity index (χ4v) is 4.73. The SMILES string of the molecule is CCCCCCCC(C)(C)C(=O)CCCCCN1C(=O)CC(C(C)(C)CCC)C1=O. The van der Waals surface area contributed by atoms with E-state index in [1.165, 1.54) is 30.6 Å². The topological polar surface area (TPSA) is 54.5 Å². The molecule has 0 spiro atoms. The summed E-state index contributed by atoms with van der Waals surface area (Å²) >= 11 is 0. The molecule has 174 valence electrons. The molecule has 1 aliphatic rings. The quantitative estimate of drug-likeness (QED) is 0.206. The third-order valence-electron chi connectivity index (χ3n) is 7.03. The molecule has 0 aliphatic carbocycles. The van der Waals surface area contributed by atoms with Crippen LogP contribution in [-0.4, -0.2) is 29.0 Å². The number of imide groups is 1. The Morgan fingerprint density at radius 2 is 1.50 bits per heavy atom. The summed E-state index contributed by atoms with van der Waals surface area (Å²) < 4.78 is 0. The van der Waals surface area contributed by atoms with Crippen LogP contribution in [0.25, 0.3) is 0 Å². The largest absolute Gasteiger partial charge is 0.299 e. The summed E-state index contributed by atoms with van der Waals surface area (Å²) in [7, 11) is 0. The van der Waals surface area contributed by atoms with Gasteiger partial charge in [0.2, 0.25) is 11.8 Å². The van der Waals surface area contributed by atoms with E-state index in [9.17, 15) is 14.4 Å². The maximum Gasteiger partial charge on any atom is 0.233 e. The summed E-state index contributed by atoms with van der Waals surface area (Å²) in [5.74, 6) is 0.172. The van der Waals surface area contributed by atoms with Gasteiger partial charge in [-0.2, -0.15) is 0 Å². The van der Waals surface area contributed by atoms with Crippen molar-refractivity contribution >= 4 is 17.6 Å². The number of likely N-dealkylation sites (tertiary alicyclic amines) is 1. The highest BCUT2D eigenvalue weighted by Crippen LogP contribution is 2.39. The number of unbranched alkanes of at least 4 members (excludes halogenated alkanes) is 6. The molecule has 1 unspecified atom stereocenters. The fraction of sp³-hybridized carbons (Fsp3) is 0.885. The molecule has 1 saturated heterocycles. The van der Waals surface area contributed by atoms with Crippen LogP contribution < -0.4 is 0 Å². The average molecular weight is 422 g/mol. The van der Waals surface area contributed by atoms with Gasteiger partial charge < -0.3 is 0 Å². The zero-order chi connectivity index (χ0) is 22.8. The second-order valence-corrected chi connectivity index (χ2v) is 10.7. The van der Waals surface area contributed by atoms with E-state index in [4.69, 9.17) is 0 Å². The molecule has 1 rings (SSSR count). The van der Waals surface area contributed by atoms with Crippen molar-refractivity contribution in [3.8, 4) is 0 Å². The zero-order valence-corrected chi connectivity index (χ0v) is 20.6. The summed E-state index contributed by atoms with van der Waals surface area (Å²) in [5.41, 5.74) is -0.351. The summed E-state index contributed by atoms with van der Waals surface area (Å²) in [5, 5.41) is 0. The van der Waals surface area contributed by atoms with Crippen LogP contribution >= 0.6 is 0 Å². The minimum atomic E-state index is -0.231. The number of Topliss-reactive ketones (excluding diaryl/α,β-unsaturated/α-hetero) is 1. The highest BCUT2D eigenvalue weighted by Gasteiger charge is 2.45. The number of amides is 2. The predicted molar refractivity (Wildman–Crippen MR) is 124 cm³/mol. The molecule has 0 aromatic carbocycles. The lowest BCUT2D eigenvalue weighted by molar-refractivity contribution is -0.140. The summed E-state index contributed by atoms with van der Waals surface area (Å²) in [4.78, 5) is 39.2. The van der Waals surface area contributed by atoms with Crippen LogP contribution in [0.5, 0.6) is 0 Å². The lowest BCUT2D eigenvalue weighted by atomic mass is 9.74. The van der Waals surface area contributed by atoms with Crippen molar-refractivity contribution in [3.05, 3.63) is 0 Å². The molecule has 4 heteroatoms. The number of hydrogen-bond donors (Lipinski definition) is 0. The van der Waals surface area contributed by atoms with Crippen molar-refractivity contribution in [2.24, 2.45) is 16.7 Å². The van der Waals surface area contributed by atoms with E-state index in [1.54, 1.807) is 0 Å². The van der Waals surface area contributed by atoms with Gasteiger partial charge in [0.05, 0.1) is 5.92 Å². The monoisotopic (exact) mass is 421 g/mol. The maximum absolute atomic E-state index is 12.8. The second kappa shape index (κ2) is 12.6. The Hall–Kier alpha value is -1.19. The Morgan fingerprint density at radius 3 is 2.13 bits per heavy atom. The van der Waals surface area contributed by atoms with E-state index in [1.807, 2.05) is 0 Å². The van der Waals surface area contributed by atoms with Crippen molar-refractivity contribution in [1.82, 2.24) is 4.90 Å².